The summed E-state index contributed by atoms with van der Waals surface area (Å²) in [5.41, 5.74) is 1.28. The van der Waals surface area contributed by atoms with Crippen molar-refractivity contribution in [3.05, 3.63) is 61.3 Å². The molecule has 28 heavy (non-hydrogen) atoms. The Morgan fingerprint density at radius 2 is 1.89 bits per heavy atom. The molecule has 0 saturated heterocycles. The summed E-state index contributed by atoms with van der Waals surface area (Å²) in [4.78, 5) is 14.8. The molecule has 1 aromatic heterocycles. The van der Waals surface area contributed by atoms with Crippen LogP contribution in [0.3, 0.4) is 0 Å². The van der Waals surface area contributed by atoms with E-state index in [0.717, 1.165) is 36.1 Å². The highest BCUT2D eigenvalue weighted by atomic mass is 16.6. The van der Waals surface area contributed by atoms with Gasteiger partial charge in [0, 0.05) is 37.8 Å². The number of aromatic nitrogens is 1. The van der Waals surface area contributed by atoms with Gasteiger partial charge in [0.25, 0.3) is 0 Å². The molecule has 0 fully saturated rings. The van der Waals surface area contributed by atoms with Crippen molar-refractivity contribution >= 4 is 17.0 Å². The van der Waals surface area contributed by atoms with Crippen LogP contribution in [0.1, 0.15) is 26.3 Å². The molecule has 0 spiro atoms. The van der Waals surface area contributed by atoms with Crippen LogP contribution < -0.4 is 0 Å². The van der Waals surface area contributed by atoms with Crippen LogP contribution in [-0.4, -0.2) is 52.5 Å². The highest BCUT2D eigenvalue weighted by Gasteiger charge is 2.22. The van der Waals surface area contributed by atoms with Gasteiger partial charge in [-0.05, 0) is 44.7 Å². The van der Waals surface area contributed by atoms with E-state index < -0.39 is 11.7 Å². The smallest absolute Gasteiger partial charge is 0.419 e. The molecule has 0 amide bonds. The number of ether oxygens (including phenoxy) is 1. The third-order valence-corrected chi connectivity index (χ3v) is 4.44. The van der Waals surface area contributed by atoms with Gasteiger partial charge in [-0.3, -0.25) is 9.47 Å². The first kappa shape index (κ1) is 21.9. The maximum Gasteiger partial charge on any atom is 0.419 e. The first-order chi connectivity index (χ1) is 13.3. The molecule has 0 bridgehead atoms. The number of rotatable bonds is 9. The van der Waals surface area contributed by atoms with Gasteiger partial charge in [-0.1, -0.05) is 30.4 Å². The fourth-order valence-electron chi connectivity index (χ4n) is 3.33. The summed E-state index contributed by atoms with van der Waals surface area (Å²) in [5.74, 6) is 0.0396. The Kier molecular flexibility index (Phi) is 7.61. The number of carbonyl (C=O) groups is 1. The van der Waals surface area contributed by atoms with Crippen LogP contribution >= 0.6 is 0 Å². The third kappa shape index (κ3) is 5.81. The number of aliphatic hydroxyl groups excluding tert-OH is 1. The van der Waals surface area contributed by atoms with Gasteiger partial charge in [0.05, 0.1) is 5.52 Å². The van der Waals surface area contributed by atoms with Crippen molar-refractivity contribution in [2.75, 3.05) is 26.2 Å². The Morgan fingerprint density at radius 3 is 2.46 bits per heavy atom. The maximum atomic E-state index is 12.7. The van der Waals surface area contributed by atoms with Crippen molar-refractivity contribution in [1.82, 2.24) is 9.47 Å². The summed E-state index contributed by atoms with van der Waals surface area (Å²) in [6, 6.07) is 7.79. The minimum atomic E-state index is -0.563. The first-order valence-electron chi connectivity index (χ1n) is 9.66. The van der Waals surface area contributed by atoms with Gasteiger partial charge >= 0.3 is 6.09 Å². The molecule has 5 nitrogen and oxygen atoms in total. The van der Waals surface area contributed by atoms with E-state index in [1.54, 1.807) is 4.57 Å². The van der Waals surface area contributed by atoms with Crippen molar-refractivity contribution < 1.29 is 14.6 Å². The maximum absolute atomic E-state index is 12.7. The molecule has 0 saturated carbocycles. The number of hydrogen-bond donors (Lipinski definition) is 1. The monoisotopic (exact) mass is 384 g/mol. The van der Waals surface area contributed by atoms with Gasteiger partial charge in [-0.25, -0.2) is 4.79 Å². The summed E-state index contributed by atoms with van der Waals surface area (Å²) >= 11 is 0. The number of carbonyl (C=O) groups excluding carboxylic acids is 1. The van der Waals surface area contributed by atoms with Crippen molar-refractivity contribution in [3.8, 4) is 0 Å². The predicted molar refractivity (Wildman–Crippen MR) is 115 cm³/mol. The van der Waals surface area contributed by atoms with Crippen molar-refractivity contribution in [2.24, 2.45) is 5.92 Å². The molecule has 152 valence electrons. The Morgan fingerprint density at radius 1 is 1.25 bits per heavy atom. The summed E-state index contributed by atoms with van der Waals surface area (Å²) in [7, 11) is 0. The highest BCUT2D eigenvalue weighted by Crippen LogP contribution is 2.25. The lowest BCUT2D eigenvalue weighted by molar-refractivity contribution is 0.0544. The van der Waals surface area contributed by atoms with Gasteiger partial charge in [0.1, 0.15) is 5.60 Å². The average Bonchev–Trinajstić information content (AvgIpc) is 2.99. The van der Waals surface area contributed by atoms with E-state index in [4.69, 9.17) is 4.74 Å². The van der Waals surface area contributed by atoms with Gasteiger partial charge in [-0.15, -0.1) is 13.2 Å². The topological polar surface area (TPSA) is 54.7 Å². The van der Waals surface area contributed by atoms with Crippen LogP contribution in [-0.2, 0) is 11.2 Å². The van der Waals surface area contributed by atoms with E-state index >= 15 is 0 Å². The van der Waals surface area contributed by atoms with Crippen LogP contribution in [0.25, 0.3) is 10.9 Å². The van der Waals surface area contributed by atoms with Crippen LogP contribution in [0.4, 0.5) is 4.79 Å². The summed E-state index contributed by atoms with van der Waals surface area (Å²) in [6.45, 7) is 15.4. The average molecular weight is 385 g/mol. The minimum Gasteiger partial charge on any atom is -0.443 e. The number of benzene rings is 1. The van der Waals surface area contributed by atoms with Crippen molar-refractivity contribution in [2.45, 2.75) is 32.8 Å². The molecule has 2 aromatic rings. The van der Waals surface area contributed by atoms with Crippen molar-refractivity contribution in [3.63, 3.8) is 0 Å². The Labute approximate surface area is 167 Å². The van der Waals surface area contributed by atoms with Crippen LogP contribution in [0.15, 0.2) is 55.8 Å². The number of nitrogens with zero attached hydrogens (tertiary/aromatic N) is 2. The van der Waals surface area contributed by atoms with E-state index in [1.807, 2.05) is 63.4 Å². The molecule has 0 aliphatic carbocycles. The van der Waals surface area contributed by atoms with E-state index in [2.05, 4.69) is 18.1 Å². The van der Waals surface area contributed by atoms with Gasteiger partial charge < -0.3 is 9.84 Å². The molecule has 1 atom stereocenters. The van der Waals surface area contributed by atoms with E-state index in [9.17, 15) is 9.90 Å². The zero-order chi connectivity index (χ0) is 20.7. The fourth-order valence-corrected chi connectivity index (χ4v) is 3.33. The van der Waals surface area contributed by atoms with E-state index in [1.165, 1.54) is 0 Å². The lowest BCUT2D eigenvalue weighted by Gasteiger charge is -2.24. The molecule has 1 heterocycles. The zero-order valence-electron chi connectivity index (χ0n) is 17.2. The van der Waals surface area contributed by atoms with Gasteiger partial charge in [-0.2, -0.15) is 0 Å². The van der Waals surface area contributed by atoms with Crippen LogP contribution in [0.5, 0.6) is 0 Å². The SMILES string of the molecule is C=CCN(CC=C)CC(CO)Cc1cn(C(=O)OC(C)(C)C)c2ccccc12. The summed E-state index contributed by atoms with van der Waals surface area (Å²) in [5, 5.41) is 10.9. The second-order valence-electron chi connectivity index (χ2n) is 8.07. The molecule has 5 heteroatoms. The lowest BCUT2D eigenvalue weighted by Crippen LogP contribution is -2.32. The van der Waals surface area contributed by atoms with Crippen LogP contribution in [0.2, 0.25) is 0 Å². The normalized spacial score (nSPS) is 12.9. The highest BCUT2D eigenvalue weighted by molar-refractivity contribution is 5.92. The minimum absolute atomic E-state index is 0.0396. The predicted octanol–water partition coefficient (Wildman–Crippen LogP) is 4.25. The second kappa shape index (κ2) is 9.71. The van der Waals surface area contributed by atoms with Gasteiger partial charge in [0.2, 0.25) is 0 Å². The van der Waals surface area contributed by atoms with Gasteiger partial charge in [0.15, 0.2) is 0 Å². The van der Waals surface area contributed by atoms with Crippen molar-refractivity contribution in [1.29, 1.82) is 0 Å². The summed E-state index contributed by atoms with van der Waals surface area (Å²) < 4.78 is 7.11. The first-order valence-corrected chi connectivity index (χ1v) is 9.66. The molecule has 0 aliphatic rings. The molecule has 2 rings (SSSR count). The number of hydrogen-bond acceptors (Lipinski definition) is 4. The number of fused-ring (bicyclic) bond motifs is 1. The van der Waals surface area contributed by atoms with Crippen LogP contribution in [0, 0.1) is 5.92 Å². The second-order valence-corrected chi connectivity index (χ2v) is 8.07. The molecule has 1 aromatic carbocycles. The molecule has 1 unspecified atom stereocenters. The zero-order valence-corrected chi connectivity index (χ0v) is 17.2. The standard InChI is InChI=1S/C23H32N2O3/c1-6-12-24(13-7-2)15-18(17-26)14-19-16-25(22(27)28-23(3,4)5)21-11-9-8-10-20(19)21/h6-11,16,18,26H,1-2,12-15,17H2,3-5H3. The summed E-state index contributed by atoms with van der Waals surface area (Å²) in [6.07, 6.45) is 5.82. The Bertz CT molecular complexity index is 807. The Balaban J connectivity index is 2.29. The molecular formula is C23H32N2O3. The lowest BCUT2D eigenvalue weighted by atomic mass is 9.99. The molecule has 1 N–H and O–H groups in total. The largest absolute Gasteiger partial charge is 0.443 e. The quantitative estimate of drug-likeness (QED) is 0.657. The molecule has 0 radical (unpaired) electrons. The van der Waals surface area contributed by atoms with E-state index in [-0.39, 0.29) is 12.5 Å². The van der Waals surface area contributed by atoms with E-state index in [0.29, 0.717) is 6.42 Å². The fraction of sp³-hybridized carbons (Fsp3) is 0.435. The number of para-hydroxylation sites is 1. The molecular weight excluding hydrogens is 352 g/mol. The number of aliphatic hydroxyl groups is 1. The molecule has 0 aliphatic heterocycles. The Hall–Kier alpha value is -2.37. The third-order valence-electron chi connectivity index (χ3n) is 4.44.